The molecule has 7 heteroatoms. The number of rotatable bonds is 3. The van der Waals surface area contributed by atoms with Crippen LogP contribution in [-0.4, -0.2) is 28.1 Å². The first-order valence-corrected chi connectivity index (χ1v) is 8.22. The first kappa shape index (κ1) is 14.3. The molecular formula is C14H19N3O3S. The molecule has 0 bridgehead atoms. The second kappa shape index (κ2) is 6.01. The van der Waals surface area contributed by atoms with Crippen LogP contribution in [0.3, 0.4) is 0 Å². The van der Waals surface area contributed by atoms with E-state index in [-0.39, 0.29) is 18.0 Å². The molecule has 1 fully saturated rings. The van der Waals surface area contributed by atoms with Gasteiger partial charge in [0.2, 0.25) is 0 Å². The third kappa shape index (κ3) is 3.34. The fraction of sp³-hybridized carbons (Fsp3) is 0.643. The van der Waals surface area contributed by atoms with Gasteiger partial charge in [0, 0.05) is 10.9 Å². The van der Waals surface area contributed by atoms with Crippen molar-refractivity contribution >= 4 is 28.5 Å². The highest BCUT2D eigenvalue weighted by atomic mass is 32.1. The van der Waals surface area contributed by atoms with Crippen molar-refractivity contribution in [3.8, 4) is 0 Å². The Bertz CT molecular complexity index is 534. The number of anilines is 1. The van der Waals surface area contributed by atoms with Crippen LogP contribution in [0.2, 0.25) is 0 Å². The molecule has 2 aliphatic rings. The molecule has 2 unspecified atom stereocenters. The Labute approximate surface area is 127 Å². The van der Waals surface area contributed by atoms with Crippen LogP contribution in [0.1, 0.15) is 42.7 Å². The summed E-state index contributed by atoms with van der Waals surface area (Å²) < 4.78 is 0. The molecule has 2 amide bonds. The van der Waals surface area contributed by atoms with E-state index < -0.39 is 5.97 Å². The Hall–Kier alpha value is -1.63. The van der Waals surface area contributed by atoms with Gasteiger partial charge in [-0.1, -0.05) is 0 Å². The van der Waals surface area contributed by atoms with Crippen LogP contribution >= 0.6 is 11.3 Å². The standard InChI is InChI=1S/C14H19N3O3S/c18-12(19)8-5-6-9(7-8)15-13(20)17-14-16-10-3-1-2-4-11(10)21-14/h8-9H,1-7H2,(H,18,19)(H2,15,16,17,20). The molecule has 0 saturated heterocycles. The number of hydrogen-bond acceptors (Lipinski definition) is 4. The van der Waals surface area contributed by atoms with E-state index in [1.807, 2.05) is 0 Å². The second-order valence-corrected chi connectivity index (χ2v) is 6.82. The van der Waals surface area contributed by atoms with Crippen LogP contribution in [-0.2, 0) is 17.6 Å². The number of hydrogen-bond donors (Lipinski definition) is 3. The van der Waals surface area contributed by atoms with Crippen LogP contribution in [0.4, 0.5) is 9.93 Å². The number of carboxylic acid groups (broad SMARTS) is 1. The van der Waals surface area contributed by atoms with Crippen LogP contribution in [0.15, 0.2) is 0 Å². The third-order valence-corrected chi connectivity index (χ3v) is 5.26. The molecule has 21 heavy (non-hydrogen) atoms. The smallest absolute Gasteiger partial charge is 0.321 e. The van der Waals surface area contributed by atoms with E-state index in [2.05, 4.69) is 15.6 Å². The minimum atomic E-state index is -0.771. The van der Waals surface area contributed by atoms with Gasteiger partial charge in [-0.2, -0.15) is 0 Å². The molecule has 1 saturated carbocycles. The summed E-state index contributed by atoms with van der Waals surface area (Å²) in [5.41, 5.74) is 1.12. The average molecular weight is 309 g/mol. The Morgan fingerprint density at radius 1 is 1.24 bits per heavy atom. The summed E-state index contributed by atoms with van der Waals surface area (Å²) >= 11 is 1.55. The van der Waals surface area contributed by atoms with Crippen molar-refractivity contribution in [2.75, 3.05) is 5.32 Å². The molecule has 114 valence electrons. The zero-order valence-electron chi connectivity index (χ0n) is 11.7. The summed E-state index contributed by atoms with van der Waals surface area (Å²) in [6, 6.07) is -0.335. The highest BCUT2D eigenvalue weighted by molar-refractivity contribution is 7.15. The lowest BCUT2D eigenvalue weighted by Gasteiger charge is -2.12. The predicted molar refractivity (Wildman–Crippen MR) is 79.7 cm³/mol. The molecule has 0 aromatic carbocycles. The van der Waals surface area contributed by atoms with Crippen molar-refractivity contribution in [2.24, 2.45) is 5.92 Å². The van der Waals surface area contributed by atoms with E-state index in [4.69, 9.17) is 5.11 Å². The zero-order valence-corrected chi connectivity index (χ0v) is 12.5. The van der Waals surface area contributed by atoms with E-state index in [0.717, 1.165) is 25.0 Å². The maximum Gasteiger partial charge on any atom is 0.321 e. The lowest BCUT2D eigenvalue weighted by atomic mass is 10.0. The molecule has 6 nitrogen and oxygen atoms in total. The number of amides is 2. The molecule has 0 spiro atoms. The summed E-state index contributed by atoms with van der Waals surface area (Å²) in [5, 5.41) is 15.2. The normalized spacial score (nSPS) is 24.4. The van der Waals surface area contributed by atoms with Gasteiger partial charge >= 0.3 is 12.0 Å². The summed E-state index contributed by atoms with van der Waals surface area (Å²) in [6.07, 6.45) is 6.28. The van der Waals surface area contributed by atoms with E-state index in [0.29, 0.717) is 18.0 Å². The molecular weight excluding hydrogens is 290 g/mol. The van der Waals surface area contributed by atoms with Crippen molar-refractivity contribution in [2.45, 2.75) is 51.0 Å². The van der Waals surface area contributed by atoms with E-state index >= 15 is 0 Å². The highest BCUT2D eigenvalue weighted by Gasteiger charge is 2.30. The molecule has 2 aliphatic carbocycles. The third-order valence-electron chi connectivity index (χ3n) is 4.18. The van der Waals surface area contributed by atoms with E-state index in [1.54, 1.807) is 11.3 Å². The maximum atomic E-state index is 12.0. The van der Waals surface area contributed by atoms with Crippen molar-refractivity contribution in [3.63, 3.8) is 0 Å². The van der Waals surface area contributed by atoms with E-state index in [1.165, 1.54) is 17.7 Å². The monoisotopic (exact) mass is 309 g/mol. The molecule has 0 radical (unpaired) electrons. The maximum absolute atomic E-state index is 12.0. The zero-order chi connectivity index (χ0) is 14.8. The molecule has 3 rings (SSSR count). The van der Waals surface area contributed by atoms with E-state index in [9.17, 15) is 9.59 Å². The van der Waals surface area contributed by atoms with Gasteiger partial charge in [0.1, 0.15) is 0 Å². The summed E-state index contributed by atoms with van der Waals surface area (Å²) in [7, 11) is 0. The number of aromatic nitrogens is 1. The minimum Gasteiger partial charge on any atom is -0.481 e. The molecule has 1 aromatic heterocycles. The number of fused-ring (bicyclic) bond motifs is 1. The van der Waals surface area contributed by atoms with Gasteiger partial charge in [0.05, 0.1) is 11.6 Å². The fourth-order valence-corrected chi connectivity index (χ4v) is 4.11. The molecule has 2 atom stereocenters. The Kier molecular flexibility index (Phi) is 4.10. The minimum absolute atomic E-state index is 0.0549. The van der Waals surface area contributed by atoms with Gasteiger partial charge in [0.15, 0.2) is 5.13 Å². The number of carbonyl (C=O) groups is 2. The Morgan fingerprint density at radius 3 is 2.76 bits per heavy atom. The molecule has 1 aromatic rings. The molecule has 1 heterocycles. The van der Waals surface area contributed by atoms with Gasteiger partial charge in [-0.05, 0) is 44.9 Å². The van der Waals surface area contributed by atoms with Gasteiger partial charge < -0.3 is 10.4 Å². The quantitative estimate of drug-likeness (QED) is 0.799. The average Bonchev–Trinajstić information content (AvgIpc) is 3.04. The van der Waals surface area contributed by atoms with Gasteiger partial charge in [-0.25, -0.2) is 9.78 Å². The van der Waals surface area contributed by atoms with Gasteiger partial charge in [0.25, 0.3) is 0 Å². The van der Waals surface area contributed by atoms with Crippen molar-refractivity contribution in [1.82, 2.24) is 10.3 Å². The van der Waals surface area contributed by atoms with Crippen LogP contribution in [0.25, 0.3) is 0 Å². The van der Waals surface area contributed by atoms with Crippen molar-refractivity contribution < 1.29 is 14.7 Å². The number of aryl methyl sites for hydroxylation is 2. The van der Waals surface area contributed by atoms with Crippen LogP contribution in [0, 0.1) is 5.92 Å². The van der Waals surface area contributed by atoms with Crippen molar-refractivity contribution in [3.05, 3.63) is 10.6 Å². The number of aliphatic carboxylic acids is 1. The predicted octanol–water partition coefficient (Wildman–Crippen LogP) is 2.40. The van der Waals surface area contributed by atoms with Gasteiger partial charge in [-0.15, -0.1) is 11.3 Å². The number of nitrogens with zero attached hydrogens (tertiary/aromatic N) is 1. The highest BCUT2D eigenvalue weighted by Crippen LogP contribution is 2.30. The van der Waals surface area contributed by atoms with Crippen LogP contribution in [0.5, 0.6) is 0 Å². The Balaban J connectivity index is 1.52. The fourth-order valence-electron chi connectivity index (χ4n) is 3.06. The lowest BCUT2D eigenvalue weighted by molar-refractivity contribution is -0.141. The van der Waals surface area contributed by atoms with Crippen LogP contribution < -0.4 is 10.6 Å². The SMILES string of the molecule is O=C(Nc1nc2c(s1)CCCC2)NC1CCC(C(=O)O)C1. The lowest BCUT2D eigenvalue weighted by Crippen LogP contribution is -2.36. The van der Waals surface area contributed by atoms with Gasteiger partial charge in [-0.3, -0.25) is 10.1 Å². The topological polar surface area (TPSA) is 91.3 Å². The largest absolute Gasteiger partial charge is 0.481 e. The number of carbonyl (C=O) groups excluding carboxylic acids is 1. The first-order valence-electron chi connectivity index (χ1n) is 7.40. The molecule has 3 N–H and O–H groups in total. The first-order chi connectivity index (χ1) is 10.1. The number of thiazole rings is 1. The summed E-state index contributed by atoms with van der Waals surface area (Å²) in [6.45, 7) is 0. The summed E-state index contributed by atoms with van der Waals surface area (Å²) in [4.78, 5) is 28.6. The second-order valence-electron chi connectivity index (χ2n) is 5.74. The van der Waals surface area contributed by atoms with Crippen molar-refractivity contribution in [1.29, 1.82) is 0 Å². The number of urea groups is 1. The number of nitrogens with one attached hydrogen (secondary N) is 2. The number of carboxylic acids is 1. The summed E-state index contributed by atoms with van der Waals surface area (Å²) in [5.74, 6) is -1.10. The molecule has 0 aliphatic heterocycles. The Morgan fingerprint density at radius 2 is 2.05 bits per heavy atom.